The SMILES string of the molecule is CCN1CCN(c2c(CN(CCCOC)C(=O)c3ccccc3OC)c(C)nn2-c2ccccc2)CC1. The fraction of sp³-hybridized carbons (Fsp3) is 0.448. The second-order valence-electron chi connectivity index (χ2n) is 9.33. The van der Waals surface area contributed by atoms with Gasteiger partial charge in [-0.05, 0) is 44.2 Å². The normalized spacial score (nSPS) is 14.1. The van der Waals surface area contributed by atoms with Gasteiger partial charge in [0, 0.05) is 52.0 Å². The molecule has 1 aliphatic heterocycles. The van der Waals surface area contributed by atoms with E-state index in [0.29, 0.717) is 31.0 Å². The van der Waals surface area contributed by atoms with Crippen molar-refractivity contribution in [2.24, 2.45) is 0 Å². The lowest BCUT2D eigenvalue weighted by molar-refractivity contribution is 0.0720. The second kappa shape index (κ2) is 12.7. The zero-order chi connectivity index (χ0) is 26.2. The molecule has 0 aliphatic carbocycles. The molecular weight excluding hydrogens is 466 g/mol. The number of anilines is 1. The third-order valence-corrected chi connectivity index (χ3v) is 7.03. The number of methoxy groups -OCH3 is 2. The van der Waals surface area contributed by atoms with Crippen molar-refractivity contribution >= 4 is 11.7 Å². The van der Waals surface area contributed by atoms with Crippen LogP contribution in [0.15, 0.2) is 54.6 Å². The van der Waals surface area contributed by atoms with Gasteiger partial charge in [0.2, 0.25) is 0 Å². The number of aryl methyl sites for hydroxylation is 1. The number of carbonyl (C=O) groups is 1. The highest BCUT2D eigenvalue weighted by Gasteiger charge is 2.28. The van der Waals surface area contributed by atoms with E-state index in [-0.39, 0.29) is 5.91 Å². The van der Waals surface area contributed by atoms with E-state index in [1.807, 2.05) is 59.0 Å². The molecule has 0 unspecified atom stereocenters. The van der Waals surface area contributed by atoms with Crippen LogP contribution in [-0.2, 0) is 11.3 Å². The maximum atomic E-state index is 13.8. The van der Waals surface area contributed by atoms with Crippen LogP contribution in [0.1, 0.15) is 35.0 Å². The number of nitrogens with zero attached hydrogens (tertiary/aromatic N) is 5. The Bertz CT molecular complexity index is 1160. The number of amides is 1. The van der Waals surface area contributed by atoms with E-state index in [9.17, 15) is 4.79 Å². The van der Waals surface area contributed by atoms with Crippen LogP contribution in [0.3, 0.4) is 0 Å². The molecule has 8 heteroatoms. The number of benzene rings is 2. The number of aromatic nitrogens is 2. The highest BCUT2D eigenvalue weighted by atomic mass is 16.5. The number of carbonyl (C=O) groups excluding carboxylic acids is 1. The van der Waals surface area contributed by atoms with E-state index in [1.165, 1.54) is 0 Å². The van der Waals surface area contributed by atoms with Crippen LogP contribution in [0, 0.1) is 6.92 Å². The van der Waals surface area contributed by atoms with Crippen LogP contribution in [0.5, 0.6) is 5.75 Å². The largest absolute Gasteiger partial charge is 0.496 e. The van der Waals surface area contributed by atoms with E-state index in [4.69, 9.17) is 14.6 Å². The van der Waals surface area contributed by atoms with Gasteiger partial charge in [0.25, 0.3) is 5.91 Å². The van der Waals surface area contributed by atoms with Crippen molar-refractivity contribution in [1.82, 2.24) is 19.6 Å². The number of para-hydroxylation sites is 2. The predicted molar refractivity (Wildman–Crippen MR) is 147 cm³/mol. The van der Waals surface area contributed by atoms with Crippen molar-refractivity contribution < 1.29 is 14.3 Å². The average molecular weight is 506 g/mol. The van der Waals surface area contributed by atoms with Crippen LogP contribution in [0.4, 0.5) is 5.82 Å². The summed E-state index contributed by atoms with van der Waals surface area (Å²) in [4.78, 5) is 20.6. The second-order valence-corrected chi connectivity index (χ2v) is 9.33. The molecule has 0 atom stereocenters. The third kappa shape index (κ3) is 6.14. The van der Waals surface area contributed by atoms with Gasteiger partial charge in [-0.3, -0.25) is 4.79 Å². The van der Waals surface area contributed by atoms with Gasteiger partial charge in [-0.2, -0.15) is 5.10 Å². The molecule has 1 fully saturated rings. The van der Waals surface area contributed by atoms with E-state index in [1.54, 1.807) is 14.2 Å². The molecular formula is C29H39N5O3. The maximum absolute atomic E-state index is 13.8. The first-order chi connectivity index (χ1) is 18.1. The van der Waals surface area contributed by atoms with Gasteiger partial charge in [-0.1, -0.05) is 37.3 Å². The molecule has 3 aromatic rings. The summed E-state index contributed by atoms with van der Waals surface area (Å²) in [7, 11) is 3.29. The Balaban J connectivity index is 1.73. The summed E-state index contributed by atoms with van der Waals surface area (Å²) in [5.41, 5.74) is 3.59. The number of likely N-dealkylation sites (N-methyl/N-ethyl adjacent to an activating group) is 1. The molecule has 0 radical (unpaired) electrons. The lowest BCUT2D eigenvalue weighted by atomic mass is 10.1. The number of hydrogen-bond donors (Lipinski definition) is 0. The van der Waals surface area contributed by atoms with E-state index in [0.717, 1.165) is 61.9 Å². The van der Waals surface area contributed by atoms with Gasteiger partial charge in [-0.25, -0.2) is 4.68 Å². The van der Waals surface area contributed by atoms with Gasteiger partial charge in [0.05, 0.1) is 30.6 Å². The Labute approximate surface area is 220 Å². The Hall–Kier alpha value is -3.36. The Kier molecular flexibility index (Phi) is 9.19. The van der Waals surface area contributed by atoms with Crippen LogP contribution in [-0.4, -0.2) is 85.6 Å². The molecule has 0 spiro atoms. The van der Waals surface area contributed by atoms with Crippen LogP contribution < -0.4 is 9.64 Å². The fourth-order valence-corrected chi connectivity index (χ4v) is 4.92. The topological polar surface area (TPSA) is 63.1 Å². The Morgan fingerprint density at radius 2 is 1.70 bits per heavy atom. The summed E-state index contributed by atoms with van der Waals surface area (Å²) in [6, 6.07) is 17.7. The van der Waals surface area contributed by atoms with Crippen LogP contribution >= 0.6 is 0 Å². The quantitative estimate of drug-likeness (QED) is 0.367. The molecule has 4 rings (SSSR count). The lowest BCUT2D eigenvalue weighted by Gasteiger charge is -2.36. The smallest absolute Gasteiger partial charge is 0.257 e. The zero-order valence-corrected chi connectivity index (χ0v) is 22.5. The van der Waals surface area contributed by atoms with Gasteiger partial charge >= 0.3 is 0 Å². The van der Waals surface area contributed by atoms with Crippen molar-refractivity contribution in [3.8, 4) is 11.4 Å². The van der Waals surface area contributed by atoms with Gasteiger partial charge in [0.15, 0.2) is 0 Å². The average Bonchev–Trinajstić information content (AvgIpc) is 3.28. The van der Waals surface area contributed by atoms with E-state index >= 15 is 0 Å². The summed E-state index contributed by atoms with van der Waals surface area (Å²) in [6.45, 7) is 10.8. The Morgan fingerprint density at radius 1 is 1.00 bits per heavy atom. The standard InChI is InChI=1S/C29H39N5O3/c1-5-31-17-19-32(20-18-31)28-26(23(2)30-34(28)24-12-7-6-8-13-24)22-33(16-11-21-36-3)29(35)25-14-9-10-15-27(25)37-4/h6-10,12-15H,5,11,16-22H2,1-4H3. The first-order valence-corrected chi connectivity index (χ1v) is 13.1. The number of ether oxygens (including phenoxy) is 2. The first-order valence-electron chi connectivity index (χ1n) is 13.1. The highest BCUT2D eigenvalue weighted by molar-refractivity contribution is 5.97. The van der Waals surface area contributed by atoms with Gasteiger partial charge < -0.3 is 24.2 Å². The van der Waals surface area contributed by atoms with Crippen LogP contribution in [0.25, 0.3) is 5.69 Å². The summed E-state index contributed by atoms with van der Waals surface area (Å²) in [6.07, 6.45) is 0.744. The molecule has 1 aromatic heterocycles. The number of hydrogen-bond acceptors (Lipinski definition) is 6. The van der Waals surface area contributed by atoms with Crippen molar-refractivity contribution in [2.45, 2.75) is 26.8 Å². The Morgan fingerprint density at radius 3 is 2.38 bits per heavy atom. The first kappa shape index (κ1) is 26.7. The van der Waals surface area contributed by atoms with Gasteiger partial charge in [0.1, 0.15) is 11.6 Å². The monoisotopic (exact) mass is 505 g/mol. The molecule has 198 valence electrons. The summed E-state index contributed by atoms with van der Waals surface area (Å²) < 4.78 is 12.9. The molecule has 1 saturated heterocycles. The predicted octanol–water partition coefficient (Wildman–Crippen LogP) is 4.01. The molecule has 1 aliphatic rings. The summed E-state index contributed by atoms with van der Waals surface area (Å²) in [5.74, 6) is 1.60. The van der Waals surface area contributed by atoms with Crippen molar-refractivity contribution in [3.05, 3.63) is 71.4 Å². The molecule has 37 heavy (non-hydrogen) atoms. The minimum atomic E-state index is -0.0535. The van der Waals surface area contributed by atoms with E-state index < -0.39 is 0 Å². The highest BCUT2D eigenvalue weighted by Crippen LogP contribution is 2.31. The van der Waals surface area contributed by atoms with E-state index in [2.05, 4.69) is 28.9 Å². The molecule has 0 N–H and O–H groups in total. The van der Waals surface area contributed by atoms with Gasteiger partial charge in [-0.15, -0.1) is 0 Å². The molecule has 1 amide bonds. The fourth-order valence-electron chi connectivity index (χ4n) is 4.92. The van der Waals surface area contributed by atoms with Crippen LogP contribution in [0.2, 0.25) is 0 Å². The molecule has 0 bridgehead atoms. The van der Waals surface area contributed by atoms with Crippen molar-refractivity contribution in [3.63, 3.8) is 0 Å². The summed E-state index contributed by atoms with van der Waals surface area (Å²) in [5, 5.41) is 4.98. The maximum Gasteiger partial charge on any atom is 0.257 e. The van der Waals surface area contributed by atoms with Crippen molar-refractivity contribution in [1.29, 1.82) is 0 Å². The molecule has 8 nitrogen and oxygen atoms in total. The minimum Gasteiger partial charge on any atom is -0.496 e. The number of rotatable bonds is 11. The molecule has 0 saturated carbocycles. The number of piperazine rings is 1. The molecule has 2 aromatic carbocycles. The van der Waals surface area contributed by atoms with Crippen molar-refractivity contribution in [2.75, 3.05) is 65.0 Å². The third-order valence-electron chi connectivity index (χ3n) is 7.03. The zero-order valence-electron chi connectivity index (χ0n) is 22.5. The molecule has 2 heterocycles. The lowest BCUT2D eigenvalue weighted by Crippen LogP contribution is -2.47. The minimum absolute atomic E-state index is 0.0535. The summed E-state index contributed by atoms with van der Waals surface area (Å²) >= 11 is 0.